The molecular formula is C16H24ClFN2. The van der Waals surface area contributed by atoms with E-state index in [-0.39, 0.29) is 16.4 Å². The normalized spacial score (nSPS) is 22.9. The lowest BCUT2D eigenvalue weighted by Crippen LogP contribution is -2.61. The average molecular weight is 299 g/mol. The molecule has 1 N–H and O–H groups in total. The van der Waals surface area contributed by atoms with Crippen LogP contribution in [0.4, 0.5) is 4.39 Å². The highest BCUT2D eigenvalue weighted by atomic mass is 35.5. The summed E-state index contributed by atoms with van der Waals surface area (Å²) in [6.07, 6.45) is 2.30. The number of nitrogens with zero attached hydrogens (tertiary/aromatic N) is 1. The van der Waals surface area contributed by atoms with E-state index in [0.717, 1.165) is 31.5 Å². The zero-order chi connectivity index (χ0) is 14.8. The van der Waals surface area contributed by atoms with E-state index in [1.807, 2.05) is 6.07 Å². The van der Waals surface area contributed by atoms with Crippen LogP contribution in [0.2, 0.25) is 5.02 Å². The van der Waals surface area contributed by atoms with Gasteiger partial charge in [0.2, 0.25) is 0 Å². The van der Waals surface area contributed by atoms with Crippen LogP contribution in [0.5, 0.6) is 0 Å². The van der Waals surface area contributed by atoms with E-state index in [4.69, 9.17) is 11.6 Å². The average Bonchev–Trinajstić information content (AvgIpc) is 2.38. The van der Waals surface area contributed by atoms with Crippen molar-refractivity contribution in [2.45, 2.75) is 51.7 Å². The first-order valence-electron chi connectivity index (χ1n) is 7.35. The van der Waals surface area contributed by atoms with Crippen LogP contribution < -0.4 is 5.32 Å². The molecule has 2 nitrogen and oxygen atoms in total. The van der Waals surface area contributed by atoms with Crippen molar-refractivity contribution in [2.24, 2.45) is 0 Å². The fraction of sp³-hybridized carbons (Fsp3) is 0.625. The van der Waals surface area contributed by atoms with Gasteiger partial charge in [-0.1, -0.05) is 37.1 Å². The van der Waals surface area contributed by atoms with Gasteiger partial charge in [-0.2, -0.15) is 0 Å². The fourth-order valence-electron chi connectivity index (χ4n) is 2.91. The molecule has 1 fully saturated rings. The van der Waals surface area contributed by atoms with Gasteiger partial charge in [0, 0.05) is 31.2 Å². The maximum atomic E-state index is 13.6. The van der Waals surface area contributed by atoms with Crippen LogP contribution in [0.15, 0.2) is 18.2 Å². The molecule has 0 aliphatic carbocycles. The Kier molecular flexibility index (Phi) is 5.05. The molecule has 1 unspecified atom stereocenters. The Labute approximate surface area is 126 Å². The number of piperazine rings is 1. The third-order valence-corrected chi connectivity index (χ3v) is 4.38. The van der Waals surface area contributed by atoms with Crippen molar-refractivity contribution >= 4 is 11.6 Å². The van der Waals surface area contributed by atoms with Crippen molar-refractivity contribution in [1.29, 1.82) is 0 Å². The summed E-state index contributed by atoms with van der Waals surface area (Å²) in [5.74, 6) is -0.328. The molecule has 1 saturated heterocycles. The largest absolute Gasteiger partial charge is 0.309 e. The lowest BCUT2D eigenvalue weighted by atomic mass is 9.96. The molecule has 1 aromatic rings. The molecule has 0 saturated carbocycles. The van der Waals surface area contributed by atoms with Crippen molar-refractivity contribution in [1.82, 2.24) is 10.2 Å². The zero-order valence-electron chi connectivity index (χ0n) is 12.5. The summed E-state index contributed by atoms with van der Waals surface area (Å²) in [5.41, 5.74) is 0.967. The summed E-state index contributed by atoms with van der Waals surface area (Å²) in [6, 6.07) is 5.56. The van der Waals surface area contributed by atoms with E-state index in [1.54, 1.807) is 6.07 Å². The molecule has 4 heteroatoms. The van der Waals surface area contributed by atoms with E-state index in [2.05, 4.69) is 31.0 Å². The molecule has 20 heavy (non-hydrogen) atoms. The van der Waals surface area contributed by atoms with Crippen LogP contribution in [0.3, 0.4) is 0 Å². The number of hydrogen-bond acceptors (Lipinski definition) is 2. The van der Waals surface area contributed by atoms with E-state index in [9.17, 15) is 4.39 Å². The second-order valence-electron chi connectivity index (χ2n) is 6.33. The standard InChI is InChI=1S/C16H24ClFN2/c1-4-6-13-9-19-16(2,3)11-20(13)10-12-7-5-8-14(18)15(12)17/h5,7-8,13,19H,4,6,9-11H2,1-3H3. The Bertz CT molecular complexity index is 462. The van der Waals surface area contributed by atoms with E-state index < -0.39 is 0 Å². The van der Waals surface area contributed by atoms with Crippen molar-refractivity contribution in [3.05, 3.63) is 34.6 Å². The highest BCUT2D eigenvalue weighted by Crippen LogP contribution is 2.25. The molecule has 2 rings (SSSR count). The van der Waals surface area contributed by atoms with E-state index >= 15 is 0 Å². The first kappa shape index (κ1) is 15.7. The number of rotatable bonds is 4. The van der Waals surface area contributed by atoms with Gasteiger partial charge in [0.1, 0.15) is 5.82 Å². The molecule has 1 atom stereocenters. The quantitative estimate of drug-likeness (QED) is 0.909. The Hall–Kier alpha value is -0.640. The van der Waals surface area contributed by atoms with Crippen LogP contribution >= 0.6 is 11.6 Å². The molecule has 1 aliphatic heterocycles. The molecular weight excluding hydrogens is 275 g/mol. The van der Waals surface area contributed by atoms with Gasteiger partial charge in [-0.25, -0.2) is 4.39 Å². The molecule has 1 heterocycles. The monoisotopic (exact) mass is 298 g/mol. The first-order chi connectivity index (χ1) is 9.43. The summed E-state index contributed by atoms with van der Waals surface area (Å²) < 4.78 is 13.6. The smallest absolute Gasteiger partial charge is 0.142 e. The maximum Gasteiger partial charge on any atom is 0.142 e. The van der Waals surface area contributed by atoms with Gasteiger partial charge < -0.3 is 5.32 Å². The number of nitrogens with one attached hydrogen (secondary N) is 1. The number of halogens is 2. The molecule has 0 spiro atoms. The third kappa shape index (κ3) is 3.72. The van der Waals surface area contributed by atoms with Crippen molar-refractivity contribution < 1.29 is 4.39 Å². The predicted octanol–water partition coefficient (Wildman–Crippen LogP) is 3.83. The van der Waals surface area contributed by atoms with Crippen LogP contribution in [0, 0.1) is 5.82 Å². The summed E-state index contributed by atoms with van der Waals surface area (Å²) in [6.45, 7) is 9.25. The van der Waals surface area contributed by atoms with Crippen LogP contribution in [-0.4, -0.2) is 29.6 Å². The Morgan fingerprint density at radius 2 is 2.20 bits per heavy atom. The number of hydrogen-bond donors (Lipinski definition) is 1. The van der Waals surface area contributed by atoms with Crippen molar-refractivity contribution in [3.8, 4) is 0 Å². The van der Waals surface area contributed by atoms with Crippen LogP contribution in [0.1, 0.15) is 39.2 Å². The van der Waals surface area contributed by atoms with Crippen molar-refractivity contribution in [2.75, 3.05) is 13.1 Å². The Morgan fingerprint density at radius 3 is 2.90 bits per heavy atom. The van der Waals surface area contributed by atoms with Crippen LogP contribution in [-0.2, 0) is 6.54 Å². The molecule has 1 aromatic carbocycles. The van der Waals surface area contributed by atoms with Gasteiger partial charge in [0.15, 0.2) is 0 Å². The van der Waals surface area contributed by atoms with Gasteiger partial charge in [-0.15, -0.1) is 0 Å². The lowest BCUT2D eigenvalue weighted by Gasteiger charge is -2.45. The van der Waals surface area contributed by atoms with Gasteiger partial charge in [-0.05, 0) is 31.9 Å². The Balaban J connectivity index is 2.16. The topological polar surface area (TPSA) is 15.3 Å². The van der Waals surface area contributed by atoms with E-state index in [1.165, 1.54) is 6.07 Å². The summed E-state index contributed by atoms with van der Waals surface area (Å²) in [5, 5.41) is 3.85. The molecule has 0 radical (unpaired) electrons. The molecule has 0 bridgehead atoms. The third-order valence-electron chi connectivity index (χ3n) is 3.96. The first-order valence-corrected chi connectivity index (χ1v) is 7.72. The van der Waals surface area contributed by atoms with Gasteiger partial charge in [0.25, 0.3) is 0 Å². The van der Waals surface area contributed by atoms with Crippen LogP contribution in [0.25, 0.3) is 0 Å². The second-order valence-corrected chi connectivity index (χ2v) is 6.70. The minimum atomic E-state index is -0.328. The summed E-state index contributed by atoms with van der Waals surface area (Å²) >= 11 is 6.09. The SMILES string of the molecule is CCCC1CNC(C)(C)CN1Cc1cccc(F)c1Cl. The predicted molar refractivity (Wildman–Crippen MR) is 82.6 cm³/mol. The minimum Gasteiger partial charge on any atom is -0.309 e. The number of benzene rings is 1. The van der Waals surface area contributed by atoms with E-state index in [0.29, 0.717) is 12.6 Å². The van der Waals surface area contributed by atoms with Gasteiger partial charge in [0.05, 0.1) is 5.02 Å². The maximum absolute atomic E-state index is 13.6. The molecule has 0 aromatic heterocycles. The zero-order valence-corrected chi connectivity index (χ0v) is 13.3. The summed E-state index contributed by atoms with van der Waals surface area (Å²) in [4.78, 5) is 2.43. The highest BCUT2D eigenvalue weighted by molar-refractivity contribution is 6.31. The minimum absolute atomic E-state index is 0.0873. The molecule has 112 valence electrons. The summed E-state index contributed by atoms with van der Waals surface area (Å²) in [7, 11) is 0. The second kappa shape index (κ2) is 6.42. The fourth-order valence-corrected chi connectivity index (χ4v) is 3.09. The van der Waals surface area contributed by atoms with Gasteiger partial charge in [-0.3, -0.25) is 4.90 Å². The Morgan fingerprint density at radius 1 is 1.45 bits per heavy atom. The molecule has 0 amide bonds. The lowest BCUT2D eigenvalue weighted by molar-refractivity contribution is 0.0826. The van der Waals surface area contributed by atoms with Crippen molar-refractivity contribution in [3.63, 3.8) is 0 Å². The van der Waals surface area contributed by atoms with Gasteiger partial charge >= 0.3 is 0 Å². The highest BCUT2D eigenvalue weighted by Gasteiger charge is 2.32. The molecule has 1 aliphatic rings.